The van der Waals surface area contributed by atoms with E-state index in [1.54, 1.807) is 6.26 Å². The molecule has 1 saturated heterocycles. The van der Waals surface area contributed by atoms with E-state index < -0.39 is 5.60 Å². The van der Waals surface area contributed by atoms with Crippen LogP contribution in [-0.4, -0.2) is 30.5 Å². The minimum absolute atomic E-state index is 0.423. The molecule has 96 valence electrons. The standard InChI is InChI=1S/C14H17NO3/c16-14(5-6-17-10-14)9-15-7-11-8-18-13-4-2-1-3-12(11)13/h1-4,8,15-16H,5-7,9-10H2. The van der Waals surface area contributed by atoms with Crippen LogP contribution < -0.4 is 5.32 Å². The van der Waals surface area contributed by atoms with Crippen molar-refractivity contribution in [3.05, 3.63) is 36.1 Å². The molecule has 3 rings (SSSR count). The Labute approximate surface area is 106 Å². The summed E-state index contributed by atoms with van der Waals surface area (Å²) in [6, 6.07) is 7.96. The number of benzene rings is 1. The third kappa shape index (κ3) is 2.27. The number of rotatable bonds is 4. The Hall–Kier alpha value is -1.36. The molecule has 1 aromatic carbocycles. The van der Waals surface area contributed by atoms with E-state index in [1.165, 1.54) is 0 Å². The summed E-state index contributed by atoms with van der Waals surface area (Å²) in [5.41, 5.74) is 1.31. The Morgan fingerprint density at radius 2 is 2.22 bits per heavy atom. The molecule has 2 N–H and O–H groups in total. The van der Waals surface area contributed by atoms with Crippen molar-refractivity contribution < 1.29 is 14.3 Å². The first-order valence-electron chi connectivity index (χ1n) is 6.23. The highest BCUT2D eigenvalue weighted by atomic mass is 16.5. The number of hydrogen-bond donors (Lipinski definition) is 2. The molecule has 1 fully saturated rings. The third-order valence-electron chi connectivity index (χ3n) is 3.41. The summed E-state index contributed by atoms with van der Waals surface area (Å²) >= 11 is 0. The number of ether oxygens (including phenoxy) is 1. The van der Waals surface area contributed by atoms with Gasteiger partial charge >= 0.3 is 0 Å². The zero-order valence-electron chi connectivity index (χ0n) is 10.2. The monoisotopic (exact) mass is 247 g/mol. The molecule has 4 nitrogen and oxygen atoms in total. The molecule has 2 heterocycles. The molecule has 18 heavy (non-hydrogen) atoms. The Kier molecular flexibility index (Phi) is 3.07. The van der Waals surface area contributed by atoms with Crippen LogP contribution in [0.4, 0.5) is 0 Å². The highest BCUT2D eigenvalue weighted by molar-refractivity contribution is 5.80. The van der Waals surface area contributed by atoms with Crippen LogP contribution in [-0.2, 0) is 11.3 Å². The van der Waals surface area contributed by atoms with Crippen molar-refractivity contribution in [3.8, 4) is 0 Å². The van der Waals surface area contributed by atoms with Crippen molar-refractivity contribution >= 4 is 11.0 Å². The maximum atomic E-state index is 10.1. The number of hydrogen-bond acceptors (Lipinski definition) is 4. The van der Waals surface area contributed by atoms with Gasteiger partial charge < -0.3 is 19.6 Å². The van der Waals surface area contributed by atoms with Crippen molar-refractivity contribution in [3.63, 3.8) is 0 Å². The molecule has 0 bridgehead atoms. The van der Waals surface area contributed by atoms with Gasteiger partial charge in [-0.3, -0.25) is 0 Å². The van der Waals surface area contributed by atoms with Crippen LogP contribution in [0.2, 0.25) is 0 Å². The van der Waals surface area contributed by atoms with Crippen LogP contribution in [0.15, 0.2) is 34.9 Å². The first-order valence-corrected chi connectivity index (χ1v) is 6.23. The van der Waals surface area contributed by atoms with Crippen LogP contribution in [0.5, 0.6) is 0 Å². The molecule has 0 saturated carbocycles. The molecular formula is C14H17NO3. The number of nitrogens with one attached hydrogen (secondary N) is 1. The SMILES string of the molecule is OC1(CNCc2coc3ccccc23)CCOC1. The van der Waals surface area contributed by atoms with Gasteiger partial charge in [0, 0.05) is 37.1 Å². The van der Waals surface area contributed by atoms with E-state index >= 15 is 0 Å². The Morgan fingerprint density at radius 1 is 1.33 bits per heavy atom. The summed E-state index contributed by atoms with van der Waals surface area (Å²) < 4.78 is 10.7. The zero-order valence-corrected chi connectivity index (χ0v) is 10.2. The van der Waals surface area contributed by atoms with Crippen LogP contribution >= 0.6 is 0 Å². The van der Waals surface area contributed by atoms with Crippen LogP contribution in [0.3, 0.4) is 0 Å². The predicted molar refractivity (Wildman–Crippen MR) is 68.3 cm³/mol. The van der Waals surface area contributed by atoms with Crippen molar-refractivity contribution in [2.75, 3.05) is 19.8 Å². The van der Waals surface area contributed by atoms with Crippen molar-refractivity contribution in [2.45, 2.75) is 18.6 Å². The second-order valence-electron chi connectivity index (χ2n) is 4.89. The van der Waals surface area contributed by atoms with E-state index in [1.807, 2.05) is 24.3 Å². The van der Waals surface area contributed by atoms with Gasteiger partial charge in [-0.2, -0.15) is 0 Å². The maximum Gasteiger partial charge on any atom is 0.134 e. The molecule has 0 spiro atoms. The number of aliphatic hydroxyl groups is 1. The van der Waals surface area contributed by atoms with E-state index in [4.69, 9.17) is 9.15 Å². The summed E-state index contributed by atoms with van der Waals surface area (Å²) in [6.45, 7) is 2.31. The summed E-state index contributed by atoms with van der Waals surface area (Å²) in [5.74, 6) is 0. The molecule has 1 aromatic heterocycles. The molecule has 1 aliphatic heterocycles. The lowest BCUT2D eigenvalue weighted by Gasteiger charge is -2.20. The van der Waals surface area contributed by atoms with Gasteiger partial charge in [0.25, 0.3) is 0 Å². The van der Waals surface area contributed by atoms with Crippen molar-refractivity contribution in [1.82, 2.24) is 5.32 Å². The second kappa shape index (κ2) is 4.72. The summed E-state index contributed by atoms with van der Waals surface area (Å²) in [6.07, 6.45) is 2.47. The van der Waals surface area contributed by atoms with E-state index in [-0.39, 0.29) is 0 Å². The topological polar surface area (TPSA) is 54.6 Å². The summed E-state index contributed by atoms with van der Waals surface area (Å²) in [7, 11) is 0. The average molecular weight is 247 g/mol. The van der Waals surface area contributed by atoms with Crippen LogP contribution in [0.1, 0.15) is 12.0 Å². The molecule has 4 heteroatoms. The predicted octanol–water partition coefficient (Wildman–Crippen LogP) is 1.67. The van der Waals surface area contributed by atoms with Gasteiger partial charge in [0.1, 0.15) is 11.2 Å². The lowest BCUT2D eigenvalue weighted by Crippen LogP contribution is -2.40. The number of furan rings is 1. The fourth-order valence-electron chi connectivity index (χ4n) is 2.34. The fourth-order valence-corrected chi connectivity index (χ4v) is 2.34. The molecule has 0 aliphatic carbocycles. The largest absolute Gasteiger partial charge is 0.464 e. The van der Waals surface area contributed by atoms with Crippen LogP contribution in [0, 0.1) is 0 Å². The minimum atomic E-state index is -0.709. The number of fused-ring (bicyclic) bond motifs is 1. The number of para-hydroxylation sites is 1. The average Bonchev–Trinajstić information content (AvgIpc) is 2.97. The van der Waals surface area contributed by atoms with E-state index in [0.717, 1.165) is 16.5 Å². The van der Waals surface area contributed by atoms with Gasteiger partial charge in [0.2, 0.25) is 0 Å². The lowest BCUT2D eigenvalue weighted by atomic mass is 10.0. The van der Waals surface area contributed by atoms with E-state index in [9.17, 15) is 5.11 Å². The van der Waals surface area contributed by atoms with Gasteiger partial charge in [0.05, 0.1) is 12.9 Å². The third-order valence-corrected chi connectivity index (χ3v) is 3.41. The Morgan fingerprint density at radius 3 is 3.06 bits per heavy atom. The fraction of sp³-hybridized carbons (Fsp3) is 0.429. The van der Waals surface area contributed by atoms with E-state index in [2.05, 4.69) is 5.32 Å². The molecule has 0 radical (unpaired) electrons. The maximum absolute atomic E-state index is 10.1. The second-order valence-corrected chi connectivity index (χ2v) is 4.89. The molecule has 1 atom stereocenters. The normalized spacial score (nSPS) is 23.8. The molecule has 1 unspecified atom stereocenters. The highest BCUT2D eigenvalue weighted by Crippen LogP contribution is 2.21. The van der Waals surface area contributed by atoms with Gasteiger partial charge in [0.15, 0.2) is 0 Å². The van der Waals surface area contributed by atoms with Gasteiger partial charge in [-0.25, -0.2) is 0 Å². The molecule has 0 amide bonds. The van der Waals surface area contributed by atoms with Gasteiger partial charge in [-0.1, -0.05) is 18.2 Å². The summed E-state index contributed by atoms with van der Waals surface area (Å²) in [5, 5.41) is 14.5. The Bertz CT molecular complexity index is 529. The summed E-state index contributed by atoms with van der Waals surface area (Å²) in [4.78, 5) is 0. The Balaban J connectivity index is 1.63. The molecule has 2 aromatic rings. The van der Waals surface area contributed by atoms with Crippen LogP contribution in [0.25, 0.3) is 11.0 Å². The highest BCUT2D eigenvalue weighted by Gasteiger charge is 2.31. The quantitative estimate of drug-likeness (QED) is 0.863. The van der Waals surface area contributed by atoms with E-state index in [0.29, 0.717) is 32.7 Å². The lowest BCUT2D eigenvalue weighted by molar-refractivity contribution is 0.0268. The molecular weight excluding hydrogens is 230 g/mol. The first kappa shape index (κ1) is 11.7. The first-order chi connectivity index (χ1) is 8.77. The van der Waals surface area contributed by atoms with Gasteiger partial charge in [-0.05, 0) is 6.07 Å². The zero-order chi connectivity index (χ0) is 12.4. The van der Waals surface area contributed by atoms with Crippen molar-refractivity contribution in [2.24, 2.45) is 0 Å². The minimum Gasteiger partial charge on any atom is -0.464 e. The molecule has 1 aliphatic rings. The van der Waals surface area contributed by atoms with Crippen molar-refractivity contribution in [1.29, 1.82) is 0 Å². The van der Waals surface area contributed by atoms with Gasteiger partial charge in [-0.15, -0.1) is 0 Å². The smallest absolute Gasteiger partial charge is 0.134 e.